The van der Waals surface area contributed by atoms with Crippen LogP contribution in [0.15, 0.2) is 4.52 Å². The minimum Gasteiger partial charge on any atom is -0.370 e. The number of hydrogen-bond donors (Lipinski definition) is 2. The second-order valence-electron chi connectivity index (χ2n) is 3.20. The lowest BCUT2D eigenvalue weighted by molar-refractivity contribution is -0.117. The summed E-state index contributed by atoms with van der Waals surface area (Å²) in [7, 11) is 0. The van der Waals surface area contributed by atoms with Gasteiger partial charge in [0.15, 0.2) is 0 Å². The minimum atomic E-state index is -0.295. The Hall–Kier alpha value is -1.36. The van der Waals surface area contributed by atoms with Crippen LogP contribution in [0.4, 0.5) is 0 Å². The first kappa shape index (κ1) is 10.7. The van der Waals surface area contributed by atoms with Gasteiger partial charge in [-0.2, -0.15) is 0 Å². The Labute approximate surface area is 82.6 Å². The molecule has 3 N–H and O–H groups in total. The molecule has 0 saturated carbocycles. The van der Waals surface area contributed by atoms with Gasteiger partial charge in [0.25, 0.3) is 0 Å². The number of carbonyl (C=O) groups excluding carboxylic acids is 1. The molecule has 78 valence electrons. The highest BCUT2D eigenvalue weighted by Gasteiger charge is 2.07. The van der Waals surface area contributed by atoms with Gasteiger partial charge in [0.1, 0.15) is 5.76 Å². The molecule has 0 aliphatic heterocycles. The van der Waals surface area contributed by atoms with Crippen LogP contribution in [-0.4, -0.2) is 17.6 Å². The molecule has 1 heterocycles. The fourth-order valence-corrected chi connectivity index (χ4v) is 1.18. The summed E-state index contributed by atoms with van der Waals surface area (Å²) in [4.78, 5) is 10.4. The number of rotatable bonds is 5. The molecule has 0 bridgehead atoms. The summed E-state index contributed by atoms with van der Waals surface area (Å²) in [5.74, 6) is 0.519. The van der Waals surface area contributed by atoms with Crippen molar-refractivity contribution in [3.63, 3.8) is 0 Å². The van der Waals surface area contributed by atoms with Gasteiger partial charge in [-0.25, -0.2) is 0 Å². The van der Waals surface area contributed by atoms with Crippen molar-refractivity contribution in [2.45, 2.75) is 26.8 Å². The summed E-state index contributed by atoms with van der Waals surface area (Å²) in [6, 6.07) is 0. The Morgan fingerprint density at radius 3 is 2.79 bits per heavy atom. The van der Waals surface area contributed by atoms with Gasteiger partial charge >= 0.3 is 0 Å². The van der Waals surface area contributed by atoms with Crippen molar-refractivity contribution in [3.8, 4) is 0 Å². The second-order valence-corrected chi connectivity index (χ2v) is 3.20. The Morgan fingerprint density at radius 2 is 2.29 bits per heavy atom. The van der Waals surface area contributed by atoms with Crippen molar-refractivity contribution in [2.75, 3.05) is 6.54 Å². The van der Waals surface area contributed by atoms with Crippen molar-refractivity contribution in [1.82, 2.24) is 10.5 Å². The van der Waals surface area contributed by atoms with E-state index in [0.29, 0.717) is 19.5 Å². The number of primary amides is 1. The van der Waals surface area contributed by atoms with Gasteiger partial charge in [0.2, 0.25) is 5.91 Å². The van der Waals surface area contributed by atoms with E-state index in [0.717, 1.165) is 17.0 Å². The Morgan fingerprint density at radius 1 is 1.57 bits per heavy atom. The molecule has 14 heavy (non-hydrogen) atoms. The fourth-order valence-electron chi connectivity index (χ4n) is 1.18. The van der Waals surface area contributed by atoms with E-state index in [1.807, 2.05) is 13.8 Å². The molecule has 0 unspecified atom stereocenters. The van der Waals surface area contributed by atoms with Gasteiger partial charge in [0.05, 0.1) is 5.69 Å². The first-order chi connectivity index (χ1) is 6.61. The zero-order valence-corrected chi connectivity index (χ0v) is 8.46. The highest BCUT2D eigenvalue weighted by atomic mass is 16.5. The summed E-state index contributed by atoms with van der Waals surface area (Å²) in [5.41, 5.74) is 6.94. The Kier molecular flexibility index (Phi) is 3.64. The van der Waals surface area contributed by atoms with Crippen LogP contribution >= 0.6 is 0 Å². The normalized spacial score (nSPS) is 10.4. The van der Waals surface area contributed by atoms with E-state index in [-0.39, 0.29) is 5.91 Å². The molecule has 1 amide bonds. The number of aromatic nitrogens is 1. The van der Waals surface area contributed by atoms with Gasteiger partial charge in [-0.05, 0) is 13.8 Å². The van der Waals surface area contributed by atoms with Gasteiger partial charge < -0.3 is 15.6 Å². The summed E-state index contributed by atoms with van der Waals surface area (Å²) in [5, 5.41) is 6.92. The first-order valence-electron chi connectivity index (χ1n) is 4.52. The minimum absolute atomic E-state index is 0.295. The number of nitrogens with zero attached hydrogens (tertiary/aromatic N) is 1. The highest BCUT2D eigenvalue weighted by molar-refractivity contribution is 5.73. The van der Waals surface area contributed by atoms with E-state index in [1.54, 1.807) is 0 Å². The van der Waals surface area contributed by atoms with E-state index >= 15 is 0 Å². The van der Waals surface area contributed by atoms with Crippen LogP contribution < -0.4 is 11.1 Å². The highest BCUT2D eigenvalue weighted by Crippen LogP contribution is 2.11. The van der Waals surface area contributed by atoms with Crippen LogP contribution in [0, 0.1) is 13.8 Å². The molecule has 0 spiro atoms. The van der Waals surface area contributed by atoms with E-state index < -0.39 is 0 Å². The van der Waals surface area contributed by atoms with Crippen molar-refractivity contribution >= 4 is 5.91 Å². The van der Waals surface area contributed by atoms with Crippen LogP contribution in [0.3, 0.4) is 0 Å². The van der Waals surface area contributed by atoms with E-state index in [2.05, 4.69) is 10.5 Å². The standard InChI is InChI=1S/C9H15N3O2/c1-6-8(7(2)14-12-6)5-11-4-3-9(10)13/h11H,3-5H2,1-2H3,(H2,10,13). The molecule has 0 saturated heterocycles. The van der Waals surface area contributed by atoms with Gasteiger partial charge in [0, 0.05) is 25.1 Å². The van der Waals surface area contributed by atoms with Gasteiger partial charge in [-0.1, -0.05) is 5.16 Å². The Balaban J connectivity index is 2.34. The molecule has 0 atom stereocenters. The van der Waals surface area contributed by atoms with Crippen LogP contribution in [0.5, 0.6) is 0 Å². The molecule has 0 aromatic carbocycles. The van der Waals surface area contributed by atoms with Gasteiger partial charge in [-0.3, -0.25) is 4.79 Å². The molecule has 5 heteroatoms. The topological polar surface area (TPSA) is 81.2 Å². The summed E-state index contributed by atoms with van der Waals surface area (Å²) in [6.07, 6.45) is 0.351. The lowest BCUT2D eigenvalue weighted by atomic mass is 10.2. The maximum atomic E-state index is 10.4. The van der Waals surface area contributed by atoms with Crippen molar-refractivity contribution in [1.29, 1.82) is 0 Å². The van der Waals surface area contributed by atoms with Crippen molar-refractivity contribution < 1.29 is 9.32 Å². The first-order valence-corrected chi connectivity index (χ1v) is 4.52. The number of carbonyl (C=O) groups is 1. The zero-order chi connectivity index (χ0) is 10.6. The second kappa shape index (κ2) is 4.76. The number of nitrogens with one attached hydrogen (secondary N) is 1. The quantitative estimate of drug-likeness (QED) is 0.663. The zero-order valence-electron chi connectivity index (χ0n) is 8.46. The molecule has 5 nitrogen and oxygen atoms in total. The molecule has 1 aromatic heterocycles. The van der Waals surface area contributed by atoms with E-state index in [9.17, 15) is 4.79 Å². The van der Waals surface area contributed by atoms with Crippen LogP contribution in [0.25, 0.3) is 0 Å². The van der Waals surface area contributed by atoms with Crippen molar-refractivity contribution in [2.24, 2.45) is 5.73 Å². The molecule has 0 radical (unpaired) electrons. The average molecular weight is 197 g/mol. The number of nitrogens with two attached hydrogens (primary N) is 1. The summed E-state index contributed by atoms with van der Waals surface area (Å²) >= 11 is 0. The maximum absolute atomic E-state index is 10.4. The third-order valence-corrected chi connectivity index (χ3v) is 2.03. The fraction of sp³-hybridized carbons (Fsp3) is 0.556. The predicted octanol–water partition coefficient (Wildman–Crippen LogP) is 0.256. The lowest BCUT2D eigenvalue weighted by Gasteiger charge is -2.01. The van der Waals surface area contributed by atoms with Crippen LogP contribution in [0.1, 0.15) is 23.4 Å². The number of aryl methyl sites for hydroxylation is 2. The molecular weight excluding hydrogens is 182 g/mol. The maximum Gasteiger partial charge on any atom is 0.218 e. The Bertz CT molecular complexity index is 300. The predicted molar refractivity (Wildman–Crippen MR) is 51.5 cm³/mol. The molecule has 1 aromatic rings. The third-order valence-electron chi connectivity index (χ3n) is 2.03. The smallest absolute Gasteiger partial charge is 0.218 e. The largest absolute Gasteiger partial charge is 0.370 e. The SMILES string of the molecule is Cc1noc(C)c1CNCCC(N)=O. The number of amides is 1. The van der Waals surface area contributed by atoms with Crippen LogP contribution in [-0.2, 0) is 11.3 Å². The molecular formula is C9H15N3O2. The van der Waals surface area contributed by atoms with Gasteiger partial charge in [-0.15, -0.1) is 0 Å². The average Bonchev–Trinajstić information content (AvgIpc) is 2.42. The molecule has 1 rings (SSSR count). The third kappa shape index (κ3) is 2.85. The van der Waals surface area contributed by atoms with Crippen LogP contribution in [0.2, 0.25) is 0 Å². The molecule has 0 aliphatic carbocycles. The summed E-state index contributed by atoms with van der Waals surface area (Å²) < 4.78 is 4.99. The monoisotopic (exact) mass is 197 g/mol. The van der Waals surface area contributed by atoms with E-state index in [4.69, 9.17) is 10.3 Å². The molecule has 0 aliphatic rings. The lowest BCUT2D eigenvalue weighted by Crippen LogP contribution is -2.21. The number of hydrogen-bond acceptors (Lipinski definition) is 4. The summed E-state index contributed by atoms with van der Waals surface area (Å²) in [6.45, 7) is 5.00. The van der Waals surface area contributed by atoms with E-state index in [1.165, 1.54) is 0 Å². The molecule has 0 fully saturated rings. The van der Waals surface area contributed by atoms with Crippen molar-refractivity contribution in [3.05, 3.63) is 17.0 Å².